The fraction of sp³-hybridized carbons (Fsp3) is 0.333. The zero-order valence-electron chi connectivity index (χ0n) is 14.4. The molecule has 3 rings (SSSR count). The zero-order chi connectivity index (χ0) is 17.5. The predicted molar refractivity (Wildman–Crippen MR) is 104 cm³/mol. The van der Waals surface area contributed by atoms with Crippen LogP contribution in [0.15, 0.2) is 66.7 Å². The molecule has 1 saturated heterocycles. The first-order chi connectivity index (χ1) is 12.3. The Morgan fingerprint density at radius 2 is 1.52 bits per heavy atom. The zero-order valence-corrected chi connectivity index (χ0v) is 15.1. The largest absolute Gasteiger partial charge is 0.392 e. The second kappa shape index (κ2) is 9.16. The van der Waals surface area contributed by atoms with E-state index in [0.717, 1.165) is 37.7 Å². The van der Waals surface area contributed by atoms with E-state index >= 15 is 0 Å². The van der Waals surface area contributed by atoms with E-state index in [2.05, 4.69) is 52.3 Å². The molecule has 0 aliphatic carbocycles. The third-order valence-electron chi connectivity index (χ3n) is 4.71. The molecule has 4 heteroatoms. The molecule has 3 nitrogen and oxygen atoms in total. The highest BCUT2D eigenvalue weighted by Gasteiger charge is 2.25. The Hall–Kier alpha value is -1.65. The lowest BCUT2D eigenvalue weighted by atomic mass is 9.96. The predicted octanol–water partition coefficient (Wildman–Crippen LogP) is 3.60. The second-order valence-corrected chi connectivity index (χ2v) is 6.79. The molecule has 0 spiro atoms. The van der Waals surface area contributed by atoms with E-state index in [1.54, 1.807) is 0 Å². The van der Waals surface area contributed by atoms with Crippen LogP contribution in [0.5, 0.6) is 0 Å². The highest BCUT2D eigenvalue weighted by atomic mass is 35.5. The minimum atomic E-state index is 0.118. The van der Waals surface area contributed by atoms with Crippen LogP contribution in [0.25, 0.3) is 0 Å². The number of benzene rings is 2. The van der Waals surface area contributed by atoms with Crippen LogP contribution in [0.1, 0.15) is 17.2 Å². The highest BCUT2D eigenvalue weighted by Crippen LogP contribution is 2.30. The Balaban J connectivity index is 1.75. The van der Waals surface area contributed by atoms with Crippen molar-refractivity contribution in [2.24, 2.45) is 0 Å². The molecule has 0 radical (unpaired) electrons. The fourth-order valence-corrected chi connectivity index (χ4v) is 3.52. The first-order valence-electron chi connectivity index (χ1n) is 8.80. The Morgan fingerprint density at radius 1 is 0.880 bits per heavy atom. The molecule has 0 amide bonds. The quantitative estimate of drug-likeness (QED) is 0.801. The van der Waals surface area contributed by atoms with Gasteiger partial charge in [0.05, 0.1) is 12.6 Å². The van der Waals surface area contributed by atoms with Gasteiger partial charge in [-0.3, -0.25) is 9.80 Å². The van der Waals surface area contributed by atoms with Crippen LogP contribution in [0, 0.1) is 0 Å². The molecule has 0 bridgehead atoms. The van der Waals surface area contributed by atoms with Crippen molar-refractivity contribution in [2.45, 2.75) is 6.04 Å². The Bertz CT molecular complexity index is 664. The van der Waals surface area contributed by atoms with Crippen molar-refractivity contribution < 1.29 is 5.11 Å². The normalized spacial score (nSPS) is 17.8. The van der Waals surface area contributed by atoms with Gasteiger partial charge in [0.1, 0.15) is 0 Å². The van der Waals surface area contributed by atoms with Crippen LogP contribution < -0.4 is 0 Å². The number of piperazine rings is 1. The number of hydrogen-bond donors (Lipinski definition) is 1. The average molecular weight is 357 g/mol. The van der Waals surface area contributed by atoms with E-state index in [1.807, 2.05) is 24.3 Å². The van der Waals surface area contributed by atoms with E-state index < -0.39 is 0 Å². The summed E-state index contributed by atoms with van der Waals surface area (Å²) in [5.74, 6) is 0. The van der Waals surface area contributed by atoms with Gasteiger partial charge in [0.25, 0.3) is 0 Å². The molecule has 2 aromatic carbocycles. The van der Waals surface area contributed by atoms with Crippen LogP contribution in [-0.2, 0) is 0 Å². The van der Waals surface area contributed by atoms with Crippen molar-refractivity contribution in [1.82, 2.24) is 9.80 Å². The molecule has 1 fully saturated rings. The van der Waals surface area contributed by atoms with Gasteiger partial charge >= 0.3 is 0 Å². The molecule has 2 aromatic rings. The van der Waals surface area contributed by atoms with Crippen molar-refractivity contribution in [2.75, 3.05) is 39.3 Å². The fourth-order valence-electron chi connectivity index (χ4n) is 3.40. The van der Waals surface area contributed by atoms with Crippen LogP contribution in [0.2, 0.25) is 5.02 Å². The molecule has 1 heterocycles. The number of halogens is 1. The summed E-state index contributed by atoms with van der Waals surface area (Å²) in [6, 6.07) is 19.2. The number of aliphatic hydroxyl groups is 1. The molecule has 0 aromatic heterocycles. The maximum atomic E-state index is 8.86. The lowest BCUT2D eigenvalue weighted by molar-refractivity contribution is 0.117. The molecule has 1 atom stereocenters. The van der Waals surface area contributed by atoms with E-state index in [-0.39, 0.29) is 12.6 Å². The summed E-state index contributed by atoms with van der Waals surface area (Å²) < 4.78 is 0. The van der Waals surface area contributed by atoms with Gasteiger partial charge < -0.3 is 5.11 Å². The molecular weight excluding hydrogens is 332 g/mol. The first-order valence-corrected chi connectivity index (χ1v) is 9.18. The van der Waals surface area contributed by atoms with Crippen LogP contribution >= 0.6 is 11.6 Å². The molecule has 1 N–H and O–H groups in total. The van der Waals surface area contributed by atoms with E-state index in [4.69, 9.17) is 16.7 Å². The summed E-state index contributed by atoms with van der Waals surface area (Å²) in [5.41, 5.74) is 2.60. The maximum Gasteiger partial charge on any atom is 0.0612 e. The topological polar surface area (TPSA) is 26.7 Å². The highest BCUT2D eigenvalue weighted by molar-refractivity contribution is 6.30. The van der Waals surface area contributed by atoms with Gasteiger partial charge in [0, 0.05) is 37.7 Å². The monoisotopic (exact) mass is 356 g/mol. The second-order valence-electron chi connectivity index (χ2n) is 6.36. The van der Waals surface area contributed by atoms with Crippen LogP contribution in [-0.4, -0.2) is 54.2 Å². The number of rotatable bonds is 6. The lowest BCUT2D eigenvalue weighted by Crippen LogP contribution is -2.47. The minimum Gasteiger partial charge on any atom is -0.392 e. The van der Waals surface area contributed by atoms with Crippen LogP contribution in [0.3, 0.4) is 0 Å². The summed E-state index contributed by atoms with van der Waals surface area (Å²) in [4.78, 5) is 4.97. The number of nitrogens with zero attached hydrogens (tertiary/aromatic N) is 2. The Kier molecular flexibility index (Phi) is 6.65. The standard InChI is InChI=1S/C21H25ClN2O/c22-20-10-8-19(9-11-20)21(18-6-2-1-3-7-18)24-15-13-23(14-16-24)12-4-5-17-25/h1-11,21,25H,12-17H2/b5-4+. The molecule has 1 unspecified atom stereocenters. The summed E-state index contributed by atoms with van der Waals surface area (Å²) >= 11 is 6.08. The molecule has 1 aliphatic heterocycles. The summed E-state index contributed by atoms with van der Waals surface area (Å²) in [6.07, 6.45) is 3.86. The van der Waals surface area contributed by atoms with Crippen molar-refractivity contribution in [3.05, 3.63) is 82.9 Å². The van der Waals surface area contributed by atoms with Gasteiger partial charge in [-0.05, 0) is 23.3 Å². The molecule has 132 valence electrons. The van der Waals surface area contributed by atoms with Crippen LogP contribution in [0.4, 0.5) is 0 Å². The van der Waals surface area contributed by atoms with Crippen molar-refractivity contribution >= 4 is 11.6 Å². The minimum absolute atomic E-state index is 0.118. The van der Waals surface area contributed by atoms with Gasteiger partial charge in [-0.15, -0.1) is 0 Å². The number of hydrogen-bond acceptors (Lipinski definition) is 3. The molecule has 1 aliphatic rings. The van der Waals surface area contributed by atoms with Crippen molar-refractivity contribution in [3.63, 3.8) is 0 Å². The molecule has 25 heavy (non-hydrogen) atoms. The van der Waals surface area contributed by atoms with E-state index in [0.29, 0.717) is 0 Å². The van der Waals surface area contributed by atoms with Crippen molar-refractivity contribution in [1.29, 1.82) is 0 Å². The molecule has 0 saturated carbocycles. The lowest BCUT2D eigenvalue weighted by Gasteiger charge is -2.39. The van der Waals surface area contributed by atoms with E-state index in [9.17, 15) is 0 Å². The SMILES string of the molecule is OC/C=C/CN1CCN(C(c2ccccc2)c2ccc(Cl)cc2)CC1. The van der Waals surface area contributed by atoms with E-state index in [1.165, 1.54) is 11.1 Å². The van der Waals surface area contributed by atoms with Gasteiger partial charge in [-0.2, -0.15) is 0 Å². The van der Waals surface area contributed by atoms with Gasteiger partial charge in [0.15, 0.2) is 0 Å². The average Bonchev–Trinajstić information content (AvgIpc) is 2.66. The van der Waals surface area contributed by atoms with Gasteiger partial charge in [-0.25, -0.2) is 0 Å². The Morgan fingerprint density at radius 3 is 2.16 bits per heavy atom. The summed E-state index contributed by atoms with van der Waals surface area (Å²) in [6.45, 7) is 5.14. The molecular formula is C21H25ClN2O. The van der Waals surface area contributed by atoms with Crippen molar-refractivity contribution in [3.8, 4) is 0 Å². The summed E-state index contributed by atoms with van der Waals surface area (Å²) in [7, 11) is 0. The first kappa shape index (κ1) is 18.2. The third-order valence-corrected chi connectivity index (χ3v) is 4.96. The van der Waals surface area contributed by atoms with Gasteiger partial charge in [-0.1, -0.05) is 66.2 Å². The third kappa shape index (κ3) is 4.93. The smallest absolute Gasteiger partial charge is 0.0612 e. The van der Waals surface area contributed by atoms with Gasteiger partial charge in [0.2, 0.25) is 0 Å². The Labute approximate surface area is 155 Å². The summed E-state index contributed by atoms with van der Waals surface area (Å²) in [5, 5.41) is 9.63. The number of aliphatic hydroxyl groups excluding tert-OH is 1. The maximum absolute atomic E-state index is 8.86.